The molecule has 7 nitrogen and oxygen atoms in total. The zero-order chi connectivity index (χ0) is 25.1. The molecule has 3 aromatic carbocycles. The number of hydrogen-bond acceptors (Lipinski definition) is 6. The predicted octanol–water partition coefficient (Wildman–Crippen LogP) is 5.12. The first-order chi connectivity index (χ1) is 16.8. The van der Waals surface area contributed by atoms with E-state index >= 15 is 0 Å². The van der Waals surface area contributed by atoms with Crippen molar-refractivity contribution in [1.82, 2.24) is 0 Å². The Morgan fingerprint density at radius 3 is 1.83 bits per heavy atom. The molecule has 0 spiro atoms. The number of nitrogens with zero attached hydrogens (tertiary/aromatic N) is 1. The summed E-state index contributed by atoms with van der Waals surface area (Å²) in [5.74, 6) is 0.155. The highest BCUT2D eigenvalue weighted by Crippen LogP contribution is 2.43. The molecule has 1 saturated heterocycles. The van der Waals surface area contributed by atoms with Crippen molar-refractivity contribution in [3.05, 3.63) is 89.5 Å². The first kappa shape index (κ1) is 23.9. The number of aliphatic hydroxyl groups excluding tert-OH is 1. The number of carbonyl (C=O) groups excluding carboxylic acids is 2. The van der Waals surface area contributed by atoms with Crippen molar-refractivity contribution in [3.8, 4) is 17.2 Å². The average molecular weight is 474 g/mol. The number of benzene rings is 3. The molecule has 0 bridgehead atoms. The Morgan fingerprint density at radius 1 is 0.800 bits per heavy atom. The normalized spacial score (nSPS) is 17.1. The van der Waals surface area contributed by atoms with Crippen molar-refractivity contribution in [2.75, 3.05) is 19.1 Å². The second-order valence-corrected chi connectivity index (χ2v) is 8.33. The SMILES string of the molecule is COc1ccc(/C(O)=C2\C(=O)C(=O)N(c3ccc(OC(C)C)cc3)C2c2ccc(OC)cc2)cc1. The Bertz CT molecular complexity index is 1240. The summed E-state index contributed by atoms with van der Waals surface area (Å²) in [4.78, 5) is 27.9. The van der Waals surface area contributed by atoms with E-state index in [9.17, 15) is 14.7 Å². The van der Waals surface area contributed by atoms with E-state index in [4.69, 9.17) is 14.2 Å². The number of Topliss-reactive ketones (excluding diaryl/α,β-unsaturated/α-hetero) is 1. The van der Waals surface area contributed by atoms with Crippen molar-refractivity contribution in [2.24, 2.45) is 0 Å². The monoisotopic (exact) mass is 473 g/mol. The fraction of sp³-hybridized carbons (Fsp3) is 0.214. The smallest absolute Gasteiger partial charge is 0.300 e. The van der Waals surface area contributed by atoms with Gasteiger partial charge in [-0.05, 0) is 80.1 Å². The Hall–Kier alpha value is -4.26. The van der Waals surface area contributed by atoms with E-state index in [2.05, 4.69) is 0 Å². The molecule has 1 fully saturated rings. The van der Waals surface area contributed by atoms with Gasteiger partial charge >= 0.3 is 0 Å². The van der Waals surface area contributed by atoms with Gasteiger partial charge in [-0.3, -0.25) is 14.5 Å². The minimum absolute atomic E-state index is 0.00104. The highest BCUT2D eigenvalue weighted by molar-refractivity contribution is 6.51. The number of amides is 1. The van der Waals surface area contributed by atoms with Gasteiger partial charge in [0.05, 0.1) is 31.9 Å². The Morgan fingerprint density at radius 2 is 1.31 bits per heavy atom. The molecule has 35 heavy (non-hydrogen) atoms. The van der Waals surface area contributed by atoms with Gasteiger partial charge < -0.3 is 19.3 Å². The van der Waals surface area contributed by atoms with Gasteiger partial charge in [0.1, 0.15) is 23.0 Å². The van der Waals surface area contributed by atoms with Crippen LogP contribution in [0.2, 0.25) is 0 Å². The molecule has 0 aromatic heterocycles. The van der Waals surface area contributed by atoms with Crippen LogP contribution in [0.4, 0.5) is 5.69 Å². The largest absolute Gasteiger partial charge is 0.507 e. The molecular formula is C28H27NO6. The molecule has 1 aliphatic heterocycles. The molecule has 1 amide bonds. The third-order valence-corrected chi connectivity index (χ3v) is 5.73. The van der Waals surface area contributed by atoms with Crippen LogP contribution in [-0.2, 0) is 9.59 Å². The molecule has 3 aromatic rings. The van der Waals surface area contributed by atoms with Gasteiger partial charge in [0.2, 0.25) is 0 Å². The number of ketones is 1. The van der Waals surface area contributed by atoms with Crippen molar-refractivity contribution in [1.29, 1.82) is 0 Å². The quantitative estimate of drug-likeness (QED) is 0.291. The molecule has 180 valence electrons. The van der Waals surface area contributed by atoms with Crippen LogP contribution in [0.5, 0.6) is 17.2 Å². The van der Waals surface area contributed by atoms with Crippen LogP contribution < -0.4 is 19.1 Å². The third-order valence-electron chi connectivity index (χ3n) is 5.73. The Kier molecular flexibility index (Phi) is 6.78. The lowest BCUT2D eigenvalue weighted by Crippen LogP contribution is -2.29. The fourth-order valence-corrected chi connectivity index (χ4v) is 4.06. The molecule has 1 heterocycles. The second kappa shape index (κ2) is 9.93. The highest BCUT2D eigenvalue weighted by Gasteiger charge is 2.47. The van der Waals surface area contributed by atoms with Crippen molar-refractivity contribution < 1.29 is 28.9 Å². The van der Waals surface area contributed by atoms with E-state index in [1.54, 1.807) is 87.0 Å². The summed E-state index contributed by atoms with van der Waals surface area (Å²) >= 11 is 0. The molecule has 1 aliphatic rings. The van der Waals surface area contributed by atoms with Crippen LogP contribution in [0.1, 0.15) is 31.0 Å². The summed E-state index contributed by atoms with van der Waals surface area (Å²) in [5.41, 5.74) is 1.58. The van der Waals surface area contributed by atoms with Gasteiger partial charge in [0.15, 0.2) is 0 Å². The number of hydrogen-bond donors (Lipinski definition) is 1. The topological polar surface area (TPSA) is 85.3 Å². The lowest BCUT2D eigenvalue weighted by atomic mass is 9.95. The lowest BCUT2D eigenvalue weighted by molar-refractivity contribution is -0.132. The maximum absolute atomic E-state index is 13.3. The fourth-order valence-electron chi connectivity index (χ4n) is 4.06. The molecule has 1 unspecified atom stereocenters. The van der Waals surface area contributed by atoms with Gasteiger partial charge in [0.25, 0.3) is 11.7 Å². The summed E-state index contributed by atoms with van der Waals surface area (Å²) in [7, 11) is 3.10. The molecule has 0 saturated carbocycles. The van der Waals surface area contributed by atoms with Crippen molar-refractivity contribution in [2.45, 2.75) is 26.0 Å². The van der Waals surface area contributed by atoms with Crippen molar-refractivity contribution >= 4 is 23.1 Å². The number of aliphatic hydroxyl groups is 1. The number of methoxy groups -OCH3 is 2. The first-order valence-corrected chi connectivity index (χ1v) is 11.2. The summed E-state index contributed by atoms with van der Waals surface area (Å²) in [5, 5.41) is 11.2. The van der Waals surface area contributed by atoms with Crippen LogP contribution >= 0.6 is 0 Å². The molecule has 4 rings (SSSR count). The van der Waals surface area contributed by atoms with Gasteiger partial charge in [-0.2, -0.15) is 0 Å². The van der Waals surface area contributed by atoms with E-state index in [0.29, 0.717) is 34.1 Å². The number of rotatable bonds is 7. The van der Waals surface area contributed by atoms with Crippen LogP contribution in [0.3, 0.4) is 0 Å². The predicted molar refractivity (Wildman–Crippen MR) is 133 cm³/mol. The first-order valence-electron chi connectivity index (χ1n) is 11.2. The molecule has 0 aliphatic carbocycles. The maximum Gasteiger partial charge on any atom is 0.300 e. The lowest BCUT2D eigenvalue weighted by Gasteiger charge is -2.26. The summed E-state index contributed by atoms with van der Waals surface area (Å²) in [6.45, 7) is 3.85. The van der Waals surface area contributed by atoms with Crippen LogP contribution in [0, 0.1) is 0 Å². The van der Waals surface area contributed by atoms with Crippen LogP contribution in [0.15, 0.2) is 78.4 Å². The standard InChI is InChI=1S/C28H27NO6/c1-17(2)35-23-15-9-20(10-16-23)29-25(18-5-11-21(33-3)12-6-18)24(27(31)28(29)32)26(30)19-7-13-22(34-4)14-8-19/h5-17,25,30H,1-4H3/b26-24+. The molecule has 0 radical (unpaired) electrons. The van der Waals surface area contributed by atoms with E-state index in [-0.39, 0.29) is 17.4 Å². The Balaban J connectivity index is 1.85. The zero-order valence-electron chi connectivity index (χ0n) is 20.0. The van der Waals surface area contributed by atoms with Crippen molar-refractivity contribution in [3.63, 3.8) is 0 Å². The third kappa shape index (κ3) is 4.71. The summed E-state index contributed by atoms with van der Waals surface area (Å²) in [6.07, 6.45) is -0.00104. The molecular weight excluding hydrogens is 446 g/mol. The highest BCUT2D eigenvalue weighted by atomic mass is 16.5. The number of ether oxygens (including phenoxy) is 3. The van der Waals surface area contributed by atoms with E-state index < -0.39 is 17.7 Å². The van der Waals surface area contributed by atoms with Crippen LogP contribution in [-0.4, -0.2) is 37.1 Å². The second-order valence-electron chi connectivity index (χ2n) is 8.33. The molecule has 1 N–H and O–H groups in total. The average Bonchev–Trinajstić information content (AvgIpc) is 3.14. The van der Waals surface area contributed by atoms with Gasteiger partial charge in [-0.15, -0.1) is 0 Å². The molecule has 1 atom stereocenters. The summed E-state index contributed by atoms with van der Waals surface area (Å²) < 4.78 is 16.2. The minimum atomic E-state index is -0.833. The van der Waals surface area contributed by atoms with Crippen LogP contribution in [0.25, 0.3) is 5.76 Å². The molecule has 7 heteroatoms. The maximum atomic E-state index is 13.3. The summed E-state index contributed by atoms with van der Waals surface area (Å²) in [6, 6.07) is 19.8. The van der Waals surface area contributed by atoms with E-state index in [0.717, 1.165) is 0 Å². The Labute approximate surface area is 204 Å². The zero-order valence-corrected chi connectivity index (χ0v) is 20.0. The van der Waals surface area contributed by atoms with Gasteiger partial charge in [-0.1, -0.05) is 12.1 Å². The van der Waals surface area contributed by atoms with E-state index in [1.165, 1.54) is 4.90 Å². The number of anilines is 1. The van der Waals surface area contributed by atoms with Gasteiger partial charge in [0, 0.05) is 11.3 Å². The number of carbonyl (C=O) groups is 2. The van der Waals surface area contributed by atoms with E-state index in [1.807, 2.05) is 13.8 Å². The minimum Gasteiger partial charge on any atom is -0.507 e. The van der Waals surface area contributed by atoms with Gasteiger partial charge in [-0.25, -0.2) is 0 Å².